The molecule has 2 aliphatic heterocycles. The van der Waals surface area contributed by atoms with Crippen molar-refractivity contribution < 1.29 is 9.53 Å². The second-order valence-corrected chi connectivity index (χ2v) is 5.67. The van der Waals surface area contributed by atoms with Gasteiger partial charge in [0.15, 0.2) is 5.84 Å². The van der Waals surface area contributed by atoms with Crippen LogP contribution < -0.4 is 15.1 Å². The minimum absolute atomic E-state index is 0.0821. The van der Waals surface area contributed by atoms with Gasteiger partial charge in [0, 0.05) is 23.7 Å². The molecular weight excluding hydrogens is 316 g/mol. The summed E-state index contributed by atoms with van der Waals surface area (Å²) in [4.78, 5) is 16.3. The highest BCUT2D eigenvalue weighted by molar-refractivity contribution is 6.08. The second-order valence-electron chi connectivity index (χ2n) is 5.67. The summed E-state index contributed by atoms with van der Waals surface area (Å²) in [6.45, 7) is 2.55. The quantitative estimate of drug-likeness (QED) is 0.933. The number of nitrogens with zero attached hydrogens (tertiary/aromatic N) is 3. The second kappa shape index (κ2) is 6.32. The van der Waals surface area contributed by atoms with Crippen molar-refractivity contribution in [3.63, 3.8) is 0 Å². The van der Waals surface area contributed by atoms with Gasteiger partial charge in [-0.3, -0.25) is 20.0 Å². The van der Waals surface area contributed by atoms with Crippen molar-refractivity contribution in [2.75, 3.05) is 11.5 Å². The lowest BCUT2D eigenvalue weighted by Crippen LogP contribution is -2.52. The number of hydrogen-bond acceptors (Lipinski definition) is 5. The number of hydrazone groups is 1. The molecule has 1 amide bonds. The molecule has 2 aromatic carbocycles. The van der Waals surface area contributed by atoms with Crippen LogP contribution in [-0.2, 0) is 4.79 Å². The van der Waals surface area contributed by atoms with Gasteiger partial charge in [-0.2, -0.15) is 5.10 Å². The Hall–Kier alpha value is -3.28. The number of hydrogen-bond donors (Lipinski definition) is 1. The molecule has 0 aromatic heterocycles. The zero-order valence-electron chi connectivity index (χ0n) is 13.8. The Bertz CT molecular complexity index is 830. The Labute approximate surface area is 146 Å². The molecule has 126 valence electrons. The van der Waals surface area contributed by atoms with Crippen LogP contribution in [0.5, 0.6) is 5.75 Å². The highest BCUT2D eigenvalue weighted by atomic mass is 16.5. The van der Waals surface area contributed by atoms with Crippen LogP contribution in [0, 0.1) is 0 Å². The van der Waals surface area contributed by atoms with E-state index in [-0.39, 0.29) is 5.91 Å². The first-order valence-electron chi connectivity index (χ1n) is 8.19. The molecule has 2 heterocycles. The number of nitrogens with one attached hydrogen (secondary N) is 1. The SMILES string of the molecule is CCOc1ccc(N2C=CN3C(c4ccccc4)=NNC3C2=O)cc1. The molecule has 2 aliphatic rings. The van der Waals surface area contributed by atoms with E-state index in [1.807, 2.05) is 72.6 Å². The van der Waals surface area contributed by atoms with Crippen molar-refractivity contribution in [2.24, 2.45) is 5.10 Å². The summed E-state index contributed by atoms with van der Waals surface area (Å²) in [6, 6.07) is 17.3. The van der Waals surface area contributed by atoms with Gasteiger partial charge in [0.25, 0.3) is 5.91 Å². The van der Waals surface area contributed by atoms with E-state index in [2.05, 4.69) is 10.5 Å². The molecule has 25 heavy (non-hydrogen) atoms. The number of anilines is 1. The van der Waals surface area contributed by atoms with Crippen molar-refractivity contribution >= 4 is 17.4 Å². The Morgan fingerprint density at radius 3 is 2.56 bits per heavy atom. The fourth-order valence-electron chi connectivity index (χ4n) is 2.92. The normalized spacial score (nSPS) is 18.7. The van der Waals surface area contributed by atoms with Crippen LogP contribution >= 0.6 is 0 Å². The third-order valence-corrected chi connectivity index (χ3v) is 4.12. The van der Waals surface area contributed by atoms with E-state index in [1.165, 1.54) is 0 Å². The molecule has 0 bridgehead atoms. The van der Waals surface area contributed by atoms with Gasteiger partial charge >= 0.3 is 0 Å². The van der Waals surface area contributed by atoms with Gasteiger partial charge < -0.3 is 4.74 Å². The lowest BCUT2D eigenvalue weighted by Gasteiger charge is -2.32. The maximum Gasteiger partial charge on any atom is 0.276 e. The van der Waals surface area contributed by atoms with Gasteiger partial charge in [-0.05, 0) is 31.2 Å². The Morgan fingerprint density at radius 2 is 1.84 bits per heavy atom. The molecule has 0 saturated heterocycles. The standard InChI is InChI=1S/C19H18N4O2/c1-2-25-16-10-8-15(9-11-16)22-12-13-23-17(14-6-4-3-5-7-14)20-21-18(23)19(22)24/h3-13,18,21H,2H2,1H3. The van der Waals surface area contributed by atoms with Gasteiger partial charge in [0.05, 0.1) is 6.61 Å². The van der Waals surface area contributed by atoms with E-state index in [1.54, 1.807) is 11.1 Å². The van der Waals surface area contributed by atoms with Crippen LogP contribution in [0.2, 0.25) is 0 Å². The number of amidine groups is 1. The molecule has 0 saturated carbocycles. The lowest BCUT2D eigenvalue weighted by atomic mass is 10.1. The molecule has 0 radical (unpaired) electrons. The third-order valence-electron chi connectivity index (χ3n) is 4.12. The molecule has 0 aliphatic carbocycles. The van der Waals surface area contributed by atoms with Gasteiger partial charge in [-0.15, -0.1) is 0 Å². The van der Waals surface area contributed by atoms with Gasteiger partial charge in [-0.25, -0.2) is 0 Å². The van der Waals surface area contributed by atoms with Crippen molar-refractivity contribution in [2.45, 2.75) is 13.1 Å². The number of carbonyl (C=O) groups is 1. The lowest BCUT2D eigenvalue weighted by molar-refractivity contribution is -0.122. The Kier molecular flexibility index (Phi) is 3.85. The van der Waals surface area contributed by atoms with Gasteiger partial charge in [0.1, 0.15) is 5.75 Å². The minimum Gasteiger partial charge on any atom is -0.494 e. The third kappa shape index (κ3) is 2.71. The molecule has 0 fully saturated rings. The maximum atomic E-state index is 12.9. The Balaban J connectivity index is 1.58. The van der Waals surface area contributed by atoms with Gasteiger partial charge in [0.2, 0.25) is 6.17 Å². The van der Waals surface area contributed by atoms with Crippen LogP contribution in [0.3, 0.4) is 0 Å². The number of carbonyl (C=O) groups excluding carboxylic acids is 1. The predicted molar refractivity (Wildman–Crippen MR) is 96.0 cm³/mol. The van der Waals surface area contributed by atoms with E-state index >= 15 is 0 Å². The minimum atomic E-state index is -0.535. The summed E-state index contributed by atoms with van der Waals surface area (Å²) in [6.07, 6.45) is 3.10. The monoisotopic (exact) mass is 334 g/mol. The van der Waals surface area contributed by atoms with Crippen LogP contribution in [0.25, 0.3) is 0 Å². The number of amides is 1. The van der Waals surface area contributed by atoms with E-state index in [9.17, 15) is 4.79 Å². The average molecular weight is 334 g/mol. The first kappa shape index (κ1) is 15.3. The van der Waals surface area contributed by atoms with Crippen LogP contribution in [0.4, 0.5) is 5.69 Å². The van der Waals surface area contributed by atoms with E-state index < -0.39 is 6.17 Å². The number of rotatable bonds is 4. The molecule has 1 atom stereocenters. The zero-order valence-corrected chi connectivity index (χ0v) is 13.8. The van der Waals surface area contributed by atoms with Gasteiger partial charge in [-0.1, -0.05) is 30.3 Å². The number of benzene rings is 2. The smallest absolute Gasteiger partial charge is 0.276 e. The van der Waals surface area contributed by atoms with Crippen LogP contribution in [0.15, 0.2) is 72.1 Å². The average Bonchev–Trinajstić information content (AvgIpc) is 3.09. The molecule has 6 nitrogen and oxygen atoms in total. The first-order valence-corrected chi connectivity index (χ1v) is 8.19. The van der Waals surface area contributed by atoms with E-state index in [0.29, 0.717) is 6.61 Å². The molecule has 4 rings (SSSR count). The van der Waals surface area contributed by atoms with Crippen LogP contribution in [-0.4, -0.2) is 29.4 Å². The maximum absolute atomic E-state index is 12.9. The number of ether oxygens (including phenoxy) is 1. The summed E-state index contributed by atoms with van der Waals surface area (Å²) in [5, 5.41) is 4.34. The summed E-state index contributed by atoms with van der Waals surface area (Å²) in [5.41, 5.74) is 4.69. The van der Waals surface area contributed by atoms with Crippen molar-refractivity contribution in [1.82, 2.24) is 10.3 Å². The topological polar surface area (TPSA) is 57.2 Å². The predicted octanol–water partition coefficient (Wildman–Crippen LogP) is 2.50. The highest BCUT2D eigenvalue weighted by Gasteiger charge is 2.38. The van der Waals surface area contributed by atoms with Crippen LogP contribution in [0.1, 0.15) is 12.5 Å². The molecule has 2 aromatic rings. The van der Waals surface area contributed by atoms with E-state index in [4.69, 9.17) is 4.74 Å². The molecule has 1 unspecified atom stereocenters. The van der Waals surface area contributed by atoms with Crippen molar-refractivity contribution in [3.8, 4) is 5.75 Å². The molecular formula is C19H18N4O2. The molecule has 1 N–H and O–H groups in total. The van der Waals surface area contributed by atoms with Crippen molar-refractivity contribution in [3.05, 3.63) is 72.6 Å². The highest BCUT2D eigenvalue weighted by Crippen LogP contribution is 2.26. The summed E-state index contributed by atoms with van der Waals surface area (Å²) < 4.78 is 5.45. The summed E-state index contributed by atoms with van der Waals surface area (Å²) in [7, 11) is 0. The summed E-state index contributed by atoms with van der Waals surface area (Å²) >= 11 is 0. The fraction of sp³-hybridized carbons (Fsp3) is 0.158. The van der Waals surface area contributed by atoms with E-state index in [0.717, 1.165) is 22.8 Å². The largest absolute Gasteiger partial charge is 0.494 e. The molecule has 6 heteroatoms. The Morgan fingerprint density at radius 1 is 1.08 bits per heavy atom. The fourth-order valence-corrected chi connectivity index (χ4v) is 2.92. The van der Waals surface area contributed by atoms with Crippen molar-refractivity contribution in [1.29, 1.82) is 0 Å². The molecule has 0 spiro atoms. The number of fused-ring (bicyclic) bond motifs is 1. The zero-order chi connectivity index (χ0) is 17.2. The first-order chi connectivity index (χ1) is 12.3. The summed E-state index contributed by atoms with van der Waals surface area (Å²) in [5.74, 6) is 1.44.